The van der Waals surface area contributed by atoms with Crippen LogP contribution in [0.3, 0.4) is 0 Å². The topological polar surface area (TPSA) is 113 Å². The van der Waals surface area contributed by atoms with E-state index in [1.165, 1.54) is 28.0 Å². The van der Waals surface area contributed by atoms with Gasteiger partial charge in [-0.1, -0.05) is 36.4 Å². The van der Waals surface area contributed by atoms with Crippen molar-refractivity contribution in [3.63, 3.8) is 0 Å². The van der Waals surface area contributed by atoms with Crippen molar-refractivity contribution in [2.45, 2.75) is 44.5 Å². The molecule has 1 fully saturated rings. The Labute approximate surface area is 196 Å². The molecule has 7 nitrogen and oxygen atoms in total. The second-order valence-electron chi connectivity index (χ2n) is 8.81. The number of thiophene rings is 1. The average molecular weight is 476 g/mol. The molecule has 0 radical (unpaired) electrons. The van der Waals surface area contributed by atoms with Gasteiger partial charge in [0.1, 0.15) is 12.1 Å². The van der Waals surface area contributed by atoms with Crippen molar-refractivity contribution < 1.29 is 19.5 Å². The number of hydrogen-bond donors (Lipinski definition) is 3. The first-order chi connectivity index (χ1) is 15.1. The van der Waals surface area contributed by atoms with Gasteiger partial charge in [-0.15, -0.1) is 23.1 Å². The zero-order valence-electron chi connectivity index (χ0n) is 18.4. The number of aliphatic hydroxyl groups is 1. The molecule has 9 heteroatoms. The number of ketones is 1. The van der Waals surface area contributed by atoms with Crippen LogP contribution in [0.15, 0.2) is 47.8 Å². The molecule has 4 atom stereocenters. The van der Waals surface area contributed by atoms with Crippen molar-refractivity contribution >= 4 is 40.7 Å². The van der Waals surface area contributed by atoms with Crippen LogP contribution in [0.4, 0.5) is 0 Å². The molecule has 32 heavy (non-hydrogen) atoms. The fourth-order valence-corrected chi connectivity index (χ4v) is 5.50. The van der Waals surface area contributed by atoms with Gasteiger partial charge in [0.05, 0.1) is 16.7 Å². The van der Waals surface area contributed by atoms with Gasteiger partial charge in [-0.25, -0.2) is 0 Å². The maximum Gasteiger partial charge on any atom is 0.253 e. The van der Waals surface area contributed by atoms with Gasteiger partial charge >= 0.3 is 0 Å². The summed E-state index contributed by atoms with van der Waals surface area (Å²) >= 11 is 2.67. The fourth-order valence-electron chi connectivity index (χ4n) is 3.62. The van der Waals surface area contributed by atoms with Crippen molar-refractivity contribution in [2.24, 2.45) is 11.7 Å². The van der Waals surface area contributed by atoms with Crippen molar-refractivity contribution in [3.8, 4) is 0 Å². The van der Waals surface area contributed by atoms with Gasteiger partial charge in [0.25, 0.3) is 5.91 Å². The number of nitrogens with one attached hydrogen (secondary N) is 1. The molecule has 2 aromatic rings. The second kappa shape index (κ2) is 10.2. The third-order valence-electron chi connectivity index (χ3n) is 5.20. The van der Waals surface area contributed by atoms with Gasteiger partial charge in [0.15, 0.2) is 5.78 Å². The number of hydrogen-bond acceptors (Lipinski definition) is 7. The first kappa shape index (κ1) is 24.4. The molecule has 2 heterocycles. The van der Waals surface area contributed by atoms with Crippen LogP contribution in [0.2, 0.25) is 0 Å². The van der Waals surface area contributed by atoms with E-state index in [4.69, 9.17) is 5.73 Å². The molecule has 1 unspecified atom stereocenters. The standard InChI is InChI=1S/C23H29N3O4S2/c1-23(2,3)25-21(29)15-12-31-13-26(15)22(30)20(28)17(19(27)16-10-7-11-32-16)18(24)14-8-5-4-6-9-14/h4-11,15,17-18,20,28H,12-13,24H2,1-3H3,(H,25,29)/t15-,17+,18?,20-/m0/s1. The van der Waals surface area contributed by atoms with Crippen LogP contribution >= 0.6 is 23.1 Å². The van der Waals surface area contributed by atoms with Crippen LogP contribution in [0.5, 0.6) is 0 Å². The largest absolute Gasteiger partial charge is 0.382 e. The van der Waals surface area contributed by atoms with E-state index in [9.17, 15) is 19.5 Å². The first-order valence-corrected chi connectivity index (χ1v) is 12.4. The van der Waals surface area contributed by atoms with E-state index in [1.807, 2.05) is 26.8 Å². The van der Waals surface area contributed by atoms with E-state index in [0.717, 1.165) is 0 Å². The molecule has 2 amide bonds. The summed E-state index contributed by atoms with van der Waals surface area (Å²) in [5.41, 5.74) is 6.62. The summed E-state index contributed by atoms with van der Waals surface area (Å²) in [6.45, 7) is 5.59. The van der Waals surface area contributed by atoms with Gasteiger partial charge in [0.2, 0.25) is 5.91 Å². The number of amides is 2. The minimum absolute atomic E-state index is 0.263. The number of rotatable bonds is 7. The Morgan fingerprint density at radius 1 is 1.16 bits per heavy atom. The zero-order valence-corrected chi connectivity index (χ0v) is 20.0. The van der Waals surface area contributed by atoms with Crippen LogP contribution in [0, 0.1) is 5.92 Å². The van der Waals surface area contributed by atoms with Gasteiger partial charge in [0, 0.05) is 17.3 Å². The van der Waals surface area contributed by atoms with Crippen LogP contribution in [0.1, 0.15) is 42.0 Å². The number of carbonyl (C=O) groups excluding carboxylic acids is 3. The van der Waals surface area contributed by atoms with Crippen molar-refractivity contribution in [1.82, 2.24) is 10.2 Å². The van der Waals surface area contributed by atoms with Gasteiger partial charge < -0.3 is 21.1 Å². The molecule has 3 rings (SSSR count). The zero-order chi connectivity index (χ0) is 23.5. The first-order valence-electron chi connectivity index (χ1n) is 10.4. The van der Waals surface area contributed by atoms with Crippen LogP contribution in [-0.4, -0.2) is 56.9 Å². The van der Waals surface area contributed by atoms with Crippen LogP contribution in [-0.2, 0) is 9.59 Å². The lowest BCUT2D eigenvalue weighted by Crippen LogP contribution is -2.55. The summed E-state index contributed by atoms with van der Waals surface area (Å²) in [4.78, 5) is 41.2. The molecule has 1 saturated heterocycles. The van der Waals surface area contributed by atoms with E-state index in [1.54, 1.807) is 41.8 Å². The second-order valence-corrected chi connectivity index (χ2v) is 10.8. The number of nitrogens with two attached hydrogens (primary N) is 1. The normalized spacial score (nSPS) is 19.3. The van der Waals surface area contributed by atoms with E-state index < -0.39 is 35.6 Å². The summed E-state index contributed by atoms with van der Waals surface area (Å²) in [5, 5.41) is 15.8. The van der Waals surface area contributed by atoms with E-state index in [0.29, 0.717) is 16.2 Å². The van der Waals surface area contributed by atoms with Gasteiger partial charge in [-0.2, -0.15) is 0 Å². The number of thioether (sulfide) groups is 1. The Morgan fingerprint density at radius 3 is 2.44 bits per heavy atom. The van der Waals surface area contributed by atoms with E-state index in [2.05, 4.69) is 5.32 Å². The predicted molar refractivity (Wildman–Crippen MR) is 127 cm³/mol. The lowest BCUT2D eigenvalue weighted by molar-refractivity contribution is -0.147. The minimum atomic E-state index is -1.68. The maximum absolute atomic E-state index is 13.4. The molecular formula is C23H29N3O4S2. The van der Waals surface area contributed by atoms with Crippen LogP contribution < -0.4 is 11.1 Å². The summed E-state index contributed by atoms with van der Waals surface area (Å²) in [6.07, 6.45) is -1.68. The monoisotopic (exact) mass is 475 g/mol. The number of benzene rings is 1. The molecule has 0 spiro atoms. The third kappa shape index (κ3) is 5.58. The Kier molecular flexibility index (Phi) is 7.76. The van der Waals surface area contributed by atoms with Gasteiger partial charge in [-0.05, 0) is 37.8 Å². The average Bonchev–Trinajstić information content (AvgIpc) is 3.44. The third-order valence-corrected chi connectivity index (χ3v) is 7.09. The molecular weight excluding hydrogens is 446 g/mol. The lowest BCUT2D eigenvalue weighted by atomic mass is 9.84. The van der Waals surface area contributed by atoms with Crippen molar-refractivity contribution in [2.75, 3.05) is 11.6 Å². The smallest absolute Gasteiger partial charge is 0.253 e. The van der Waals surface area contributed by atoms with Gasteiger partial charge in [-0.3, -0.25) is 14.4 Å². The Morgan fingerprint density at radius 2 is 1.84 bits per heavy atom. The lowest BCUT2D eigenvalue weighted by Gasteiger charge is -2.32. The molecule has 1 aliphatic heterocycles. The summed E-state index contributed by atoms with van der Waals surface area (Å²) in [5.74, 6) is -1.82. The number of Topliss-reactive ketones (excluding diaryl/α,β-unsaturated/α-hetero) is 1. The number of nitrogens with zero attached hydrogens (tertiary/aromatic N) is 1. The molecule has 1 aliphatic rings. The minimum Gasteiger partial charge on any atom is -0.382 e. The summed E-state index contributed by atoms with van der Waals surface area (Å²) in [7, 11) is 0. The van der Waals surface area contributed by atoms with E-state index >= 15 is 0 Å². The Bertz CT molecular complexity index is 944. The Hall–Kier alpha value is -2.20. The quantitative estimate of drug-likeness (QED) is 0.530. The predicted octanol–water partition coefficient (Wildman–Crippen LogP) is 2.42. The van der Waals surface area contributed by atoms with Crippen molar-refractivity contribution in [1.29, 1.82) is 0 Å². The highest BCUT2D eigenvalue weighted by Gasteiger charge is 2.44. The van der Waals surface area contributed by atoms with E-state index in [-0.39, 0.29) is 17.6 Å². The number of carbonyl (C=O) groups is 3. The highest BCUT2D eigenvalue weighted by atomic mass is 32.2. The molecule has 0 aliphatic carbocycles. The highest BCUT2D eigenvalue weighted by Crippen LogP contribution is 2.31. The van der Waals surface area contributed by atoms with Crippen LogP contribution in [0.25, 0.3) is 0 Å². The fraction of sp³-hybridized carbons (Fsp3) is 0.435. The SMILES string of the molecule is CC(C)(C)NC(=O)[C@@H]1CSCN1C(=O)[C@@H](O)[C@@H](C(=O)c1cccs1)C(N)c1ccccc1. The maximum atomic E-state index is 13.4. The highest BCUT2D eigenvalue weighted by molar-refractivity contribution is 7.99. The Balaban J connectivity index is 1.88. The molecule has 1 aromatic heterocycles. The molecule has 4 N–H and O–H groups in total. The summed E-state index contributed by atoms with van der Waals surface area (Å²) in [6, 6.07) is 10.7. The number of aliphatic hydroxyl groups excluding tert-OH is 1. The van der Waals surface area contributed by atoms with Crippen molar-refractivity contribution in [3.05, 3.63) is 58.3 Å². The molecule has 1 aromatic carbocycles. The molecule has 0 saturated carbocycles. The molecule has 172 valence electrons. The summed E-state index contributed by atoms with van der Waals surface area (Å²) < 4.78 is 0. The molecule has 0 bridgehead atoms.